The summed E-state index contributed by atoms with van der Waals surface area (Å²) in [5.74, 6) is -1.40. The molecule has 3 N–H and O–H groups in total. The average Bonchev–Trinajstić information content (AvgIpc) is 3.12. The maximum Gasteiger partial charge on any atom is 0.232 e. The first-order valence-corrected chi connectivity index (χ1v) is 10.9. The Labute approximate surface area is 185 Å². The van der Waals surface area contributed by atoms with Gasteiger partial charge in [-0.25, -0.2) is 18.7 Å². The first-order valence-electron chi connectivity index (χ1n) is 10.1. The van der Waals surface area contributed by atoms with E-state index in [9.17, 15) is 14.3 Å². The lowest BCUT2D eigenvalue weighted by atomic mass is 9.98. The highest BCUT2D eigenvalue weighted by molar-refractivity contribution is 7.22. The van der Waals surface area contributed by atoms with E-state index in [2.05, 4.69) is 25.5 Å². The topological polar surface area (TPSA) is 107 Å². The number of pyridine rings is 1. The molecule has 0 unspecified atom stereocenters. The number of nitrogens with zero attached hydrogens (tertiary/aromatic N) is 4. The Morgan fingerprint density at radius 1 is 1.41 bits per heavy atom. The number of fused-ring (bicyclic) bond motifs is 2. The third kappa shape index (κ3) is 3.37. The van der Waals surface area contributed by atoms with E-state index in [1.807, 2.05) is 0 Å². The van der Waals surface area contributed by atoms with Gasteiger partial charge in [0.1, 0.15) is 16.5 Å². The number of benzene rings is 1. The molecule has 0 spiro atoms. The number of aliphatic hydroxyl groups excluding tert-OH is 1. The summed E-state index contributed by atoms with van der Waals surface area (Å²) < 4.78 is 28.5. The van der Waals surface area contributed by atoms with Crippen molar-refractivity contribution in [1.82, 2.24) is 20.2 Å². The van der Waals surface area contributed by atoms with E-state index in [-0.39, 0.29) is 25.5 Å². The fourth-order valence-corrected chi connectivity index (χ4v) is 4.69. The van der Waals surface area contributed by atoms with Gasteiger partial charge in [0.15, 0.2) is 10.9 Å². The SMILES string of the molecule is Cc1c(F)c(N(C)CCO)c2[nH]ncc2c1-c1ccc2nc(NC(=O)[C@@H]3C[C@@H]3F)sc2n1. The molecule has 11 heteroatoms. The molecule has 8 nitrogen and oxygen atoms in total. The van der Waals surface area contributed by atoms with Crippen molar-refractivity contribution in [3.63, 3.8) is 0 Å². The number of anilines is 2. The van der Waals surface area contributed by atoms with Crippen LogP contribution in [0.15, 0.2) is 18.3 Å². The van der Waals surface area contributed by atoms with Crippen molar-refractivity contribution in [3.05, 3.63) is 29.7 Å². The largest absolute Gasteiger partial charge is 0.395 e. The minimum atomic E-state index is -1.08. The van der Waals surface area contributed by atoms with Crippen LogP contribution in [0.1, 0.15) is 12.0 Å². The Morgan fingerprint density at radius 3 is 2.91 bits per heavy atom. The van der Waals surface area contributed by atoms with Gasteiger partial charge < -0.3 is 15.3 Å². The molecule has 0 saturated heterocycles. The zero-order chi connectivity index (χ0) is 22.6. The maximum atomic E-state index is 15.4. The van der Waals surface area contributed by atoms with Gasteiger partial charge in [0.05, 0.1) is 35.6 Å². The number of amides is 1. The lowest BCUT2D eigenvalue weighted by Crippen LogP contribution is -2.23. The van der Waals surface area contributed by atoms with Crippen LogP contribution >= 0.6 is 11.3 Å². The highest BCUT2D eigenvalue weighted by Crippen LogP contribution is 2.40. The van der Waals surface area contributed by atoms with Crippen LogP contribution in [0.4, 0.5) is 19.6 Å². The molecule has 1 aliphatic rings. The van der Waals surface area contributed by atoms with Crippen molar-refractivity contribution >= 4 is 49.3 Å². The molecule has 3 heterocycles. The normalized spacial score (nSPS) is 17.8. The first kappa shape index (κ1) is 20.7. The number of aliphatic hydroxyl groups is 1. The number of hydrogen-bond donors (Lipinski definition) is 3. The number of rotatable bonds is 6. The van der Waals surface area contributed by atoms with E-state index in [4.69, 9.17) is 0 Å². The molecule has 0 aliphatic heterocycles. The summed E-state index contributed by atoms with van der Waals surface area (Å²) in [6.07, 6.45) is 0.790. The summed E-state index contributed by atoms with van der Waals surface area (Å²) >= 11 is 1.18. The van der Waals surface area contributed by atoms with Crippen LogP contribution in [0.5, 0.6) is 0 Å². The molecule has 0 radical (unpaired) electrons. The van der Waals surface area contributed by atoms with E-state index < -0.39 is 17.9 Å². The molecule has 0 bridgehead atoms. The van der Waals surface area contributed by atoms with Gasteiger partial charge in [-0.1, -0.05) is 11.3 Å². The van der Waals surface area contributed by atoms with Gasteiger partial charge in [-0.05, 0) is 31.0 Å². The molecule has 1 aliphatic carbocycles. The summed E-state index contributed by atoms with van der Waals surface area (Å²) in [5.41, 5.74) is 3.00. The summed E-state index contributed by atoms with van der Waals surface area (Å²) in [7, 11) is 1.71. The van der Waals surface area contributed by atoms with E-state index in [1.54, 1.807) is 37.2 Å². The average molecular weight is 458 g/mol. The van der Waals surface area contributed by atoms with E-state index in [1.165, 1.54) is 11.3 Å². The van der Waals surface area contributed by atoms with E-state index >= 15 is 4.39 Å². The zero-order valence-electron chi connectivity index (χ0n) is 17.3. The van der Waals surface area contributed by atoms with Crippen molar-refractivity contribution in [3.8, 4) is 11.3 Å². The summed E-state index contributed by atoms with van der Waals surface area (Å²) in [6, 6.07) is 3.51. The lowest BCUT2D eigenvalue weighted by molar-refractivity contribution is -0.117. The van der Waals surface area contributed by atoms with Crippen molar-refractivity contribution in [1.29, 1.82) is 0 Å². The van der Waals surface area contributed by atoms with Crippen molar-refractivity contribution in [2.45, 2.75) is 19.5 Å². The molecule has 1 amide bonds. The second-order valence-electron chi connectivity index (χ2n) is 7.85. The second kappa shape index (κ2) is 7.75. The van der Waals surface area contributed by atoms with Crippen molar-refractivity contribution in [2.75, 3.05) is 30.4 Å². The molecular weight excluding hydrogens is 438 g/mol. The number of alkyl halides is 1. The second-order valence-corrected chi connectivity index (χ2v) is 8.83. The highest BCUT2D eigenvalue weighted by atomic mass is 32.1. The number of aromatic nitrogens is 4. The third-order valence-corrected chi connectivity index (χ3v) is 6.55. The van der Waals surface area contributed by atoms with Crippen LogP contribution in [0.25, 0.3) is 32.5 Å². The first-order chi connectivity index (χ1) is 15.4. The number of H-pyrrole nitrogens is 1. The fourth-order valence-electron chi connectivity index (χ4n) is 3.85. The van der Waals surface area contributed by atoms with Gasteiger partial charge >= 0.3 is 0 Å². The molecule has 5 rings (SSSR count). The number of carbonyl (C=O) groups excluding carboxylic acids is 1. The Morgan fingerprint density at radius 2 is 2.19 bits per heavy atom. The molecule has 3 aromatic heterocycles. The van der Waals surface area contributed by atoms with Crippen molar-refractivity contribution in [2.24, 2.45) is 5.92 Å². The third-order valence-electron chi connectivity index (χ3n) is 5.67. The molecule has 1 saturated carbocycles. The quantitative estimate of drug-likeness (QED) is 0.409. The number of likely N-dealkylation sites (N-methyl/N-ethyl adjacent to an activating group) is 1. The Kier molecular flexibility index (Phi) is 5.01. The van der Waals surface area contributed by atoms with Gasteiger partial charge in [0.25, 0.3) is 0 Å². The molecule has 1 aromatic carbocycles. The van der Waals surface area contributed by atoms with E-state index in [0.717, 1.165) is 0 Å². The number of nitrogens with one attached hydrogen (secondary N) is 2. The molecule has 4 aromatic rings. The minimum absolute atomic E-state index is 0.110. The molecule has 166 valence electrons. The van der Waals surface area contributed by atoms with Gasteiger partial charge in [-0.3, -0.25) is 9.89 Å². The van der Waals surface area contributed by atoms with Gasteiger partial charge in [0.2, 0.25) is 5.91 Å². The summed E-state index contributed by atoms with van der Waals surface area (Å²) in [5, 5.41) is 19.9. The Balaban J connectivity index is 1.57. The number of thiazole rings is 1. The number of aromatic amines is 1. The van der Waals surface area contributed by atoms with Gasteiger partial charge in [0, 0.05) is 24.5 Å². The monoisotopic (exact) mass is 458 g/mol. The Bertz CT molecular complexity index is 1350. The number of hydrogen-bond acceptors (Lipinski definition) is 7. The van der Waals surface area contributed by atoms with Gasteiger partial charge in [-0.2, -0.15) is 5.10 Å². The molecule has 32 heavy (non-hydrogen) atoms. The Hall–Kier alpha value is -3.18. The van der Waals surface area contributed by atoms with Crippen LogP contribution in [-0.4, -0.2) is 57.6 Å². The van der Waals surface area contributed by atoms with Gasteiger partial charge in [-0.15, -0.1) is 0 Å². The predicted octanol–water partition coefficient (Wildman–Crippen LogP) is 3.41. The predicted molar refractivity (Wildman–Crippen MR) is 119 cm³/mol. The van der Waals surface area contributed by atoms with Crippen LogP contribution in [-0.2, 0) is 4.79 Å². The summed E-state index contributed by atoms with van der Waals surface area (Å²) in [4.78, 5) is 23.2. The molecule has 2 atom stereocenters. The zero-order valence-corrected chi connectivity index (χ0v) is 18.1. The lowest BCUT2D eigenvalue weighted by Gasteiger charge is -2.22. The van der Waals surface area contributed by atoms with Crippen LogP contribution in [0.2, 0.25) is 0 Å². The standard InChI is InChI=1S/C21H20F2N6O2S/c1-9-15(11-8-24-28-17(11)18(16(9)23)29(2)5-6-30)13-3-4-14-20(25-13)32-21(26-14)27-19(31)10-7-12(10)22/h3-4,8,10,12,30H,5-7H2,1-2H3,(H,24,28)(H,26,27,31)/t10-,12+/m1/s1. The van der Waals surface area contributed by atoms with Crippen LogP contribution in [0, 0.1) is 18.7 Å². The summed E-state index contributed by atoms with van der Waals surface area (Å²) in [6.45, 7) is 1.84. The highest BCUT2D eigenvalue weighted by Gasteiger charge is 2.43. The minimum Gasteiger partial charge on any atom is -0.395 e. The van der Waals surface area contributed by atoms with Crippen molar-refractivity contribution < 1.29 is 18.7 Å². The smallest absolute Gasteiger partial charge is 0.232 e. The van der Waals surface area contributed by atoms with E-state index in [0.29, 0.717) is 48.9 Å². The number of halogens is 2. The van der Waals surface area contributed by atoms with Crippen LogP contribution < -0.4 is 10.2 Å². The molecular formula is C21H20F2N6O2S. The van der Waals surface area contributed by atoms with Crippen LogP contribution in [0.3, 0.4) is 0 Å². The molecule has 1 fully saturated rings. The number of carbonyl (C=O) groups is 1. The maximum absolute atomic E-state index is 15.4. The fraction of sp³-hybridized carbons (Fsp3) is 0.333.